The van der Waals surface area contributed by atoms with Crippen molar-refractivity contribution in [3.8, 4) is 17.0 Å². The average Bonchev–Trinajstić information content (AvgIpc) is 3.54. The lowest BCUT2D eigenvalue weighted by atomic mass is 10.1. The smallest absolute Gasteiger partial charge is 0.435 e. The number of nitrogens with zero attached hydrogens (tertiary/aromatic N) is 4. The van der Waals surface area contributed by atoms with Gasteiger partial charge in [0.2, 0.25) is 0 Å². The van der Waals surface area contributed by atoms with E-state index in [-0.39, 0.29) is 12.6 Å². The van der Waals surface area contributed by atoms with Crippen molar-refractivity contribution in [2.75, 3.05) is 6.61 Å². The molecule has 0 spiro atoms. The number of hydrogen-bond donors (Lipinski definition) is 2. The van der Waals surface area contributed by atoms with Gasteiger partial charge in [-0.3, -0.25) is 9.97 Å². The maximum absolute atomic E-state index is 12.7. The quantitative estimate of drug-likeness (QED) is 0.229. The molecule has 5 rings (SSSR count). The second kappa shape index (κ2) is 11.7. The lowest BCUT2D eigenvalue weighted by Crippen LogP contribution is -2.43. The summed E-state index contributed by atoms with van der Waals surface area (Å²) in [6.45, 7) is 11.0. The van der Waals surface area contributed by atoms with Gasteiger partial charge in [0.25, 0.3) is 0 Å². The zero-order valence-electron chi connectivity index (χ0n) is 25.2. The normalized spacial score (nSPS) is 12.7. The van der Waals surface area contributed by atoms with Crippen molar-refractivity contribution in [1.29, 1.82) is 0 Å². The van der Waals surface area contributed by atoms with Crippen LogP contribution in [-0.2, 0) is 15.9 Å². The maximum Gasteiger partial charge on any atom is 0.435 e. The minimum atomic E-state index is -0.647. The van der Waals surface area contributed by atoms with E-state index in [9.17, 15) is 9.59 Å². The first-order valence-electron chi connectivity index (χ1n) is 14.0. The fourth-order valence-corrected chi connectivity index (χ4v) is 4.56. The summed E-state index contributed by atoms with van der Waals surface area (Å²) in [5, 5.41) is 8.96. The molecular weight excluding hydrogens is 548 g/mol. The van der Waals surface area contributed by atoms with Gasteiger partial charge < -0.3 is 24.5 Å². The second-order valence-electron chi connectivity index (χ2n) is 12.3. The van der Waals surface area contributed by atoms with Crippen LogP contribution in [0.1, 0.15) is 47.1 Å². The highest BCUT2D eigenvalue weighted by Gasteiger charge is 2.22. The Morgan fingerprint density at radius 1 is 0.977 bits per heavy atom. The Labute approximate surface area is 249 Å². The van der Waals surface area contributed by atoms with E-state index in [1.54, 1.807) is 45.6 Å². The number of amides is 1. The highest BCUT2D eigenvalue weighted by atomic mass is 16.6. The molecule has 1 atom stereocenters. The van der Waals surface area contributed by atoms with Gasteiger partial charge in [0.15, 0.2) is 0 Å². The van der Waals surface area contributed by atoms with Crippen molar-refractivity contribution >= 4 is 34.0 Å². The summed E-state index contributed by atoms with van der Waals surface area (Å²) >= 11 is 0. The molecule has 0 radical (unpaired) electrons. The molecule has 0 aliphatic heterocycles. The van der Waals surface area contributed by atoms with Crippen molar-refractivity contribution < 1.29 is 23.8 Å². The average molecular weight is 585 g/mol. The van der Waals surface area contributed by atoms with Crippen LogP contribution in [0.2, 0.25) is 0 Å². The SMILES string of the molecule is CC(C)(C)OC(=O)N[C@H](COc1cncc(-c2cc3cnn(C(=O)OC(C)(C)C)c3cn2)c1)Cc1c[nH]c2ccccc12. The number of pyridine rings is 2. The van der Waals surface area contributed by atoms with Crippen molar-refractivity contribution in [2.24, 2.45) is 0 Å². The number of aromatic nitrogens is 5. The summed E-state index contributed by atoms with van der Waals surface area (Å²) in [5.74, 6) is 0.513. The fraction of sp³-hybridized carbons (Fsp3) is 0.344. The van der Waals surface area contributed by atoms with E-state index in [1.165, 1.54) is 4.68 Å². The number of carbonyl (C=O) groups excluding carboxylic acids is 2. The van der Waals surface area contributed by atoms with E-state index < -0.39 is 23.4 Å². The Morgan fingerprint density at radius 2 is 1.74 bits per heavy atom. The molecular formula is C32H36N6O5. The van der Waals surface area contributed by atoms with Crippen molar-refractivity contribution in [2.45, 2.75) is 65.2 Å². The van der Waals surface area contributed by atoms with E-state index in [4.69, 9.17) is 14.2 Å². The van der Waals surface area contributed by atoms with Crippen LogP contribution in [0.3, 0.4) is 0 Å². The minimum absolute atomic E-state index is 0.180. The molecule has 11 heteroatoms. The molecule has 0 aliphatic rings. The third-order valence-corrected chi connectivity index (χ3v) is 6.34. The number of alkyl carbamates (subject to hydrolysis) is 1. The van der Waals surface area contributed by atoms with Gasteiger partial charge in [-0.15, -0.1) is 0 Å². The fourth-order valence-electron chi connectivity index (χ4n) is 4.56. The van der Waals surface area contributed by atoms with Gasteiger partial charge in [0.05, 0.1) is 35.8 Å². The summed E-state index contributed by atoms with van der Waals surface area (Å²) in [6.07, 6.45) is 7.85. The highest BCUT2D eigenvalue weighted by Crippen LogP contribution is 2.25. The van der Waals surface area contributed by atoms with Crippen molar-refractivity contribution in [3.05, 3.63) is 72.9 Å². The number of ether oxygens (including phenoxy) is 3. The number of carbonyl (C=O) groups is 2. The van der Waals surface area contributed by atoms with Gasteiger partial charge in [-0.05, 0) is 71.7 Å². The topological polar surface area (TPSA) is 133 Å². The Bertz CT molecular complexity index is 1760. The van der Waals surface area contributed by atoms with Crippen LogP contribution in [0.4, 0.5) is 9.59 Å². The molecule has 1 amide bonds. The molecule has 5 aromatic rings. The van der Waals surface area contributed by atoms with Crippen LogP contribution in [0.5, 0.6) is 5.75 Å². The summed E-state index contributed by atoms with van der Waals surface area (Å²) in [7, 11) is 0. The number of rotatable bonds is 7. The first-order chi connectivity index (χ1) is 20.3. The third kappa shape index (κ3) is 7.48. The molecule has 1 aromatic carbocycles. The van der Waals surface area contributed by atoms with Gasteiger partial charge in [0.1, 0.15) is 23.6 Å². The molecule has 43 heavy (non-hydrogen) atoms. The Hall–Kier alpha value is -4.93. The molecule has 2 N–H and O–H groups in total. The number of aromatic amines is 1. The zero-order valence-corrected chi connectivity index (χ0v) is 25.2. The molecule has 0 saturated heterocycles. The zero-order chi connectivity index (χ0) is 30.8. The van der Waals surface area contributed by atoms with E-state index in [2.05, 4.69) is 25.4 Å². The van der Waals surface area contributed by atoms with Crippen LogP contribution in [0, 0.1) is 0 Å². The monoisotopic (exact) mass is 584 g/mol. The number of benzene rings is 1. The molecule has 0 aliphatic carbocycles. The predicted molar refractivity (Wildman–Crippen MR) is 163 cm³/mol. The molecule has 4 aromatic heterocycles. The van der Waals surface area contributed by atoms with Crippen LogP contribution in [0.25, 0.3) is 33.1 Å². The molecule has 0 bridgehead atoms. The lowest BCUT2D eigenvalue weighted by molar-refractivity contribution is 0.0484. The molecule has 0 unspecified atom stereocenters. The Morgan fingerprint density at radius 3 is 2.51 bits per heavy atom. The Balaban J connectivity index is 1.33. The summed E-state index contributed by atoms with van der Waals surface area (Å²) in [6, 6.07) is 11.3. The van der Waals surface area contributed by atoms with E-state index in [0.29, 0.717) is 23.4 Å². The van der Waals surface area contributed by atoms with Gasteiger partial charge in [0, 0.05) is 34.2 Å². The number of fused-ring (bicyclic) bond motifs is 2. The number of hydrogen-bond acceptors (Lipinski definition) is 8. The van der Waals surface area contributed by atoms with Gasteiger partial charge in [-0.25, -0.2) is 9.59 Å². The maximum atomic E-state index is 12.7. The first kappa shape index (κ1) is 29.6. The number of nitrogens with one attached hydrogen (secondary N) is 2. The van der Waals surface area contributed by atoms with Gasteiger partial charge >= 0.3 is 12.2 Å². The molecule has 224 valence electrons. The number of para-hydroxylation sites is 1. The van der Waals surface area contributed by atoms with Crippen LogP contribution >= 0.6 is 0 Å². The van der Waals surface area contributed by atoms with Gasteiger partial charge in [-0.1, -0.05) is 18.2 Å². The first-order valence-corrected chi connectivity index (χ1v) is 14.0. The molecule has 0 saturated carbocycles. The van der Waals surface area contributed by atoms with Crippen molar-refractivity contribution in [1.82, 2.24) is 30.0 Å². The summed E-state index contributed by atoms with van der Waals surface area (Å²) in [4.78, 5) is 37.4. The van der Waals surface area contributed by atoms with E-state index >= 15 is 0 Å². The van der Waals surface area contributed by atoms with Gasteiger partial charge in [-0.2, -0.15) is 9.78 Å². The van der Waals surface area contributed by atoms with E-state index in [0.717, 1.165) is 27.4 Å². The Kier molecular flexibility index (Phi) is 8.08. The lowest BCUT2D eigenvalue weighted by Gasteiger charge is -2.24. The van der Waals surface area contributed by atoms with Crippen LogP contribution in [0.15, 0.2) is 67.4 Å². The third-order valence-electron chi connectivity index (χ3n) is 6.34. The predicted octanol–water partition coefficient (Wildman–Crippen LogP) is 6.27. The van der Waals surface area contributed by atoms with Crippen molar-refractivity contribution in [3.63, 3.8) is 0 Å². The number of H-pyrrole nitrogens is 1. The molecule has 11 nitrogen and oxygen atoms in total. The summed E-state index contributed by atoms with van der Waals surface area (Å²) < 4.78 is 18.3. The minimum Gasteiger partial charge on any atom is -0.490 e. The molecule has 0 fully saturated rings. The van der Waals surface area contributed by atoms with E-state index in [1.807, 2.05) is 63.4 Å². The molecule has 4 heterocycles. The second-order valence-corrected chi connectivity index (χ2v) is 12.3. The largest absolute Gasteiger partial charge is 0.490 e. The van der Waals surface area contributed by atoms with Crippen LogP contribution in [-0.4, -0.2) is 60.8 Å². The highest BCUT2D eigenvalue weighted by molar-refractivity contribution is 5.89. The van der Waals surface area contributed by atoms with Crippen LogP contribution < -0.4 is 10.1 Å². The summed E-state index contributed by atoms with van der Waals surface area (Å²) in [5.41, 5.74) is 2.68. The standard InChI is InChI=1S/C32H36N6O5/c1-31(2,3)42-29(39)37-23(11-20-15-34-26-10-8-7-9-25(20)26)19-41-24-12-21(14-33-17-24)27-13-22-16-36-38(28(22)18-35-27)30(40)43-32(4,5)6/h7-10,12-18,23,34H,11,19H2,1-6H3,(H,37,39)/t23-/m0/s1.